The van der Waals surface area contributed by atoms with Crippen LogP contribution in [0.4, 0.5) is 0 Å². The van der Waals surface area contributed by atoms with Crippen molar-refractivity contribution in [2.75, 3.05) is 0 Å². The molecule has 3 nitrogen and oxygen atoms in total. The van der Waals surface area contributed by atoms with Gasteiger partial charge in [-0.3, -0.25) is 0 Å². The van der Waals surface area contributed by atoms with E-state index in [4.69, 9.17) is 9.15 Å². The summed E-state index contributed by atoms with van der Waals surface area (Å²) in [6.45, 7) is 0. The molecule has 40 heavy (non-hydrogen) atoms. The molecule has 1 aliphatic carbocycles. The normalized spacial score (nSPS) is 15.5. The van der Waals surface area contributed by atoms with E-state index in [0.29, 0.717) is 0 Å². The van der Waals surface area contributed by atoms with Crippen LogP contribution in [0.5, 0.6) is 5.75 Å². The lowest BCUT2D eigenvalue weighted by atomic mass is 9.94. The Labute approximate surface area is 230 Å². The SMILES string of the molecule is C1#CC2C(=CC=C1)Oc1ccc(-c3ccc4c(c3)c3ccccc3n4-c3cccc4c3oc3ccccc34)cc12. The average Bonchev–Trinajstić information content (AvgIpc) is 3.59. The molecule has 3 heteroatoms. The molecule has 186 valence electrons. The Balaban J connectivity index is 1.26. The molecule has 0 N–H and O–H groups in total. The van der Waals surface area contributed by atoms with Crippen LogP contribution < -0.4 is 4.74 Å². The van der Waals surface area contributed by atoms with Gasteiger partial charge in [0, 0.05) is 27.1 Å². The van der Waals surface area contributed by atoms with Crippen LogP contribution in [0.15, 0.2) is 132 Å². The van der Waals surface area contributed by atoms with E-state index < -0.39 is 0 Å². The first kappa shape index (κ1) is 21.5. The molecule has 3 heterocycles. The minimum atomic E-state index is -0.0279. The lowest BCUT2D eigenvalue weighted by Gasteiger charge is -2.09. The van der Waals surface area contributed by atoms with Crippen LogP contribution in [-0.2, 0) is 0 Å². The number of nitrogens with zero attached hydrogens (tertiary/aromatic N) is 1. The molecule has 2 aromatic heterocycles. The Morgan fingerprint density at radius 1 is 0.675 bits per heavy atom. The van der Waals surface area contributed by atoms with Crippen molar-refractivity contribution in [3.63, 3.8) is 0 Å². The molecule has 1 unspecified atom stereocenters. The fourth-order valence-electron chi connectivity index (χ4n) is 6.31. The van der Waals surface area contributed by atoms with Crippen LogP contribution >= 0.6 is 0 Å². The van der Waals surface area contributed by atoms with Gasteiger partial charge in [0.2, 0.25) is 0 Å². The smallest absolute Gasteiger partial charge is 0.159 e. The molecule has 7 aromatic rings. The fraction of sp³-hybridized carbons (Fsp3) is 0.0270. The van der Waals surface area contributed by atoms with Gasteiger partial charge in [-0.05, 0) is 65.7 Å². The quantitative estimate of drug-likeness (QED) is 0.216. The van der Waals surface area contributed by atoms with E-state index in [2.05, 4.69) is 107 Å². The largest absolute Gasteiger partial charge is 0.460 e. The minimum absolute atomic E-state index is 0.0279. The van der Waals surface area contributed by atoms with E-state index in [9.17, 15) is 0 Å². The first-order valence-electron chi connectivity index (χ1n) is 13.5. The fourth-order valence-corrected chi connectivity index (χ4v) is 6.31. The zero-order chi connectivity index (χ0) is 26.2. The predicted octanol–water partition coefficient (Wildman–Crippen LogP) is 9.28. The number of fused-ring (bicyclic) bond motifs is 9. The highest BCUT2D eigenvalue weighted by molar-refractivity contribution is 6.13. The number of rotatable bonds is 2. The maximum Gasteiger partial charge on any atom is 0.159 e. The Bertz CT molecular complexity index is 2320. The molecule has 0 fully saturated rings. The van der Waals surface area contributed by atoms with Crippen LogP contribution in [-0.4, -0.2) is 4.57 Å². The van der Waals surface area contributed by atoms with Crippen LogP contribution in [0.1, 0.15) is 11.5 Å². The summed E-state index contributed by atoms with van der Waals surface area (Å²) >= 11 is 0. The van der Waals surface area contributed by atoms with Gasteiger partial charge in [0.05, 0.1) is 16.7 Å². The number of aromatic nitrogens is 1. The van der Waals surface area contributed by atoms with Crippen molar-refractivity contribution >= 4 is 43.7 Å². The number of hydrogen-bond acceptors (Lipinski definition) is 2. The van der Waals surface area contributed by atoms with E-state index >= 15 is 0 Å². The number of benzene rings is 5. The van der Waals surface area contributed by atoms with Gasteiger partial charge < -0.3 is 13.7 Å². The first-order valence-corrected chi connectivity index (χ1v) is 13.5. The van der Waals surface area contributed by atoms with Crippen LogP contribution in [0.3, 0.4) is 0 Å². The lowest BCUT2D eigenvalue weighted by molar-refractivity contribution is 0.440. The van der Waals surface area contributed by atoms with Gasteiger partial charge in [0.15, 0.2) is 5.58 Å². The highest BCUT2D eigenvalue weighted by atomic mass is 16.5. The Morgan fingerprint density at radius 2 is 1.48 bits per heavy atom. The summed E-state index contributed by atoms with van der Waals surface area (Å²) in [4.78, 5) is 0. The predicted molar refractivity (Wildman–Crippen MR) is 162 cm³/mol. The third-order valence-corrected chi connectivity index (χ3v) is 8.13. The molecule has 0 radical (unpaired) electrons. The van der Waals surface area contributed by atoms with Gasteiger partial charge in [-0.1, -0.05) is 78.6 Å². The van der Waals surface area contributed by atoms with Crippen molar-refractivity contribution < 1.29 is 9.15 Å². The zero-order valence-electron chi connectivity index (χ0n) is 21.4. The lowest BCUT2D eigenvalue weighted by Crippen LogP contribution is -1.95. The summed E-state index contributed by atoms with van der Waals surface area (Å²) in [7, 11) is 0. The van der Waals surface area contributed by atoms with Gasteiger partial charge >= 0.3 is 0 Å². The molecule has 1 aliphatic heterocycles. The Hall–Kier alpha value is -5.46. The number of furan rings is 1. The molecule has 9 rings (SSSR count). The van der Waals surface area contributed by atoms with Crippen molar-refractivity contribution in [1.82, 2.24) is 4.57 Å². The third kappa shape index (κ3) is 2.96. The van der Waals surface area contributed by atoms with E-state index in [1.54, 1.807) is 0 Å². The molecule has 1 atom stereocenters. The van der Waals surface area contributed by atoms with Crippen LogP contribution in [0.2, 0.25) is 0 Å². The van der Waals surface area contributed by atoms with Crippen molar-refractivity contribution in [2.45, 2.75) is 5.92 Å². The van der Waals surface area contributed by atoms with Gasteiger partial charge in [-0.25, -0.2) is 0 Å². The maximum atomic E-state index is 6.44. The van der Waals surface area contributed by atoms with E-state index in [1.165, 1.54) is 10.8 Å². The highest BCUT2D eigenvalue weighted by Crippen LogP contribution is 2.44. The second-order valence-electron chi connectivity index (χ2n) is 10.3. The summed E-state index contributed by atoms with van der Waals surface area (Å²) in [5.74, 6) is 8.22. The van der Waals surface area contributed by atoms with E-state index in [1.807, 2.05) is 30.4 Å². The average molecular weight is 512 g/mol. The monoisotopic (exact) mass is 511 g/mol. The van der Waals surface area contributed by atoms with Gasteiger partial charge in [0.1, 0.15) is 23.0 Å². The molecule has 0 bridgehead atoms. The molecule has 5 aromatic carbocycles. The molecule has 0 saturated carbocycles. The molecule has 0 saturated heterocycles. The molecular formula is C37H21NO2. The summed E-state index contributed by atoms with van der Waals surface area (Å²) < 4.78 is 14.9. The van der Waals surface area contributed by atoms with Crippen molar-refractivity contribution in [3.05, 3.63) is 133 Å². The molecule has 2 aliphatic rings. The van der Waals surface area contributed by atoms with Crippen LogP contribution in [0.25, 0.3) is 60.6 Å². The summed E-state index contributed by atoms with van der Waals surface area (Å²) in [5.41, 5.74) is 8.59. The zero-order valence-corrected chi connectivity index (χ0v) is 21.4. The van der Waals surface area contributed by atoms with Crippen molar-refractivity contribution in [2.24, 2.45) is 0 Å². The summed E-state index contributed by atoms with van der Waals surface area (Å²) in [5, 5.41) is 4.68. The van der Waals surface area contributed by atoms with E-state index in [-0.39, 0.29) is 5.92 Å². The van der Waals surface area contributed by atoms with Gasteiger partial charge in [-0.15, -0.1) is 0 Å². The third-order valence-electron chi connectivity index (χ3n) is 8.13. The van der Waals surface area contributed by atoms with Crippen LogP contribution in [0, 0.1) is 11.8 Å². The summed E-state index contributed by atoms with van der Waals surface area (Å²) in [6.07, 6.45) is 5.82. The molecule has 0 spiro atoms. The standard InChI is InChI=1S/C37H21NO2/c1-2-10-27-30-22-24(18-20-36(30)39-34(27)15-3-1)23-17-19-32-29(21-23)25-9-4-6-13-31(25)38(32)33-14-8-12-28-26-11-5-7-16-35(26)40-37(28)33/h1,3-9,11-22,27H. The number of para-hydroxylation sites is 3. The summed E-state index contributed by atoms with van der Waals surface area (Å²) in [6, 6.07) is 36.5. The Kier molecular flexibility index (Phi) is 4.31. The number of hydrogen-bond donors (Lipinski definition) is 0. The van der Waals surface area contributed by atoms with E-state index in [0.717, 1.165) is 66.9 Å². The molecular weight excluding hydrogens is 490 g/mol. The number of ether oxygens (including phenoxy) is 1. The Morgan fingerprint density at radius 3 is 2.45 bits per heavy atom. The second kappa shape index (κ2) is 8.02. The van der Waals surface area contributed by atoms with Crippen molar-refractivity contribution in [1.29, 1.82) is 0 Å². The first-order chi connectivity index (χ1) is 19.8. The second-order valence-corrected chi connectivity index (χ2v) is 10.3. The maximum absolute atomic E-state index is 6.44. The molecule has 0 amide bonds. The van der Waals surface area contributed by atoms with Gasteiger partial charge in [0.25, 0.3) is 0 Å². The highest BCUT2D eigenvalue weighted by Gasteiger charge is 2.29. The minimum Gasteiger partial charge on any atom is -0.460 e. The number of allylic oxidation sites excluding steroid dienone is 4. The van der Waals surface area contributed by atoms with Gasteiger partial charge in [-0.2, -0.15) is 0 Å². The topological polar surface area (TPSA) is 27.3 Å². The van der Waals surface area contributed by atoms with Crippen molar-refractivity contribution in [3.8, 4) is 34.4 Å².